The van der Waals surface area contributed by atoms with Crippen molar-refractivity contribution >= 4 is 11.7 Å². The van der Waals surface area contributed by atoms with Gasteiger partial charge in [0.25, 0.3) is 0 Å². The van der Waals surface area contributed by atoms with Crippen LogP contribution in [-0.2, 0) is 16.6 Å². The van der Waals surface area contributed by atoms with Gasteiger partial charge in [0.05, 0.1) is 0 Å². The number of nitrogens with two attached hydrogens (primary N) is 1. The molecule has 4 aliphatic rings. The first-order valence-electron chi connectivity index (χ1n) is 10.7. The van der Waals surface area contributed by atoms with Crippen LogP contribution in [0.2, 0.25) is 0 Å². The van der Waals surface area contributed by atoms with E-state index in [1.54, 1.807) is 0 Å². The Morgan fingerprint density at radius 1 is 1.30 bits per heavy atom. The lowest BCUT2D eigenvalue weighted by Gasteiger charge is -2.60. The molecule has 4 nitrogen and oxygen atoms in total. The van der Waals surface area contributed by atoms with Gasteiger partial charge in [-0.2, -0.15) is 0 Å². The number of rotatable bonds is 3. The van der Waals surface area contributed by atoms with Crippen molar-refractivity contribution in [3.63, 3.8) is 0 Å². The Bertz CT molecular complexity index is 800. The van der Waals surface area contributed by atoms with Crippen LogP contribution < -0.4 is 5.73 Å². The lowest BCUT2D eigenvalue weighted by molar-refractivity contribution is -0.128. The van der Waals surface area contributed by atoms with Gasteiger partial charge in [-0.15, -0.1) is 0 Å². The van der Waals surface area contributed by atoms with Crippen LogP contribution in [-0.4, -0.2) is 35.2 Å². The van der Waals surface area contributed by atoms with Crippen LogP contribution in [0.3, 0.4) is 0 Å². The maximum Gasteiger partial charge on any atom is 0.248 e. The van der Waals surface area contributed by atoms with Crippen LogP contribution in [0, 0.1) is 11.8 Å². The molecule has 3 aliphatic carbocycles. The summed E-state index contributed by atoms with van der Waals surface area (Å²) in [6.07, 6.45) is 8.58. The largest absolute Gasteiger partial charge is 0.366 e. The van der Waals surface area contributed by atoms with Crippen LogP contribution in [0.4, 0.5) is 0 Å². The molecular formula is C23H30N2O2. The minimum absolute atomic E-state index is 0.0745. The average Bonchev–Trinajstić information content (AvgIpc) is 2.59. The summed E-state index contributed by atoms with van der Waals surface area (Å²) >= 11 is 0. The summed E-state index contributed by atoms with van der Waals surface area (Å²) in [4.78, 5) is 27.1. The summed E-state index contributed by atoms with van der Waals surface area (Å²) < 4.78 is 0. The number of benzene rings is 1. The average molecular weight is 367 g/mol. The van der Waals surface area contributed by atoms with Crippen molar-refractivity contribution in [3.8, 4) is 0 Å². The molecule has 3 fully saturated rings. The van der Waals surface area contributed by atoms with Crippen molar-refractivity contribution in [2.75, 3.05) is 6.54 Å². The molecule has 4 heteroatoms. The topological polar surface area (TPSA) is 63.4 Å². The fraction of sp³-hybridized carbons (Fsp3) is 0.652. The van der Waals surface area contributed by atoms with E-state index in [2.05, 4.69) is 17.9 Å². The standard InChI is InChI=1S/C23H30N2O2/c1-14(15-3-2-4-15)25-10-9-23-13-18(26)7-8-19(23)21(25)12-16-5-6-17(22(24)27)11-20(16)23/h5-6,11,14-15,19,21H,2-4,7-10,12-13H2,1H3,(H2,24,27)/t14-,19+,21-,23+/m1/s1. The van der Waals surface area contributed by atoms with E-state index >= 15 is 0 Å². The van der Waals surface area contributed by atoms with Crippen LogP contribution in [0.5, 0.6) is 0 Å². The van der Waals surface area contributed by atoms with Gasteiger partial charge in [-0.25, -0.2) is 0 Å². The molecule has 0 radical (unpaired) electrons. The summed E-state index contributed by atoms with van der Waals surface area (Å²) in [6.45, 7) is 3.50. The van der Waals surface area contributed by atoms with Crippen molar-refractivity contribution in [2.45, 2.75) is 75.8 Å². The molecule has 4 atom stereocenters. The van der Waals surface area contributed by atoms with Crippen molar-refractivity contribution in [2.24, 2.45) is 17.6 Å². The molecule has 0 spiro atoms. The maximum absolute atomic E-state index is 12.5. The first-order valence-corrected chi connectivity index (χ1v) is 10.7. The van der Waals surface area contributed by atoms with E-state index in [-0.39, 0.29) is 11.3 Å². The highest BCUT2D eigenvalue weighted by molar-refractivity contribution is 5.93. The predicted molar refractivity (Wildman–Crippen MR) is 105 cm³/mol. The molecule has 2 N–H and O–H groups in total. The monoisotopic (exact) mass is 366 g/mol. The molecule has 27 heavy (non-hydrogen) atoms. The summed E-state index contributed by atoms with van der Waals surface area (Å²) in [6, 6.07) is 7.18. The zero-order chi connectivity index (χ0) is 18.8. The number of hydrogen-bond donors (Lipinski definition) is 1. The zero-order valence-electron chi connectivity index (χ0n) is 16.2. The second-order valence-corrected chi connectivity index (χ2v) is 9.44. The molecule has 0 unspecified atom stereocenters. The van der Waals surface area contributed by atoms with Gasteiger partial charge in [0.15, 0.2) is 0 Å². The molecule has 1 aromatic carbocycles. The summed E-state index contributed by atoms with van der Waals surface area (Å²) in [5, 5.41) is 0. The fourth-order valence-electron chi connectivity index (χ4n) is 6.71. The highest BCUT2D eigenvalue weighted by Crippen LogP contribution is 2.56. The first kappa shape index (κ1) is 17.4. The molecule has 2 bridgehead atoms. The van der Waals surface area contributed by atoms with Gasteiger partial charge in [0.2, 0.25) is 5.91 Å². The van der Waals surface area contributed by atoms with E-state index in [1.165, 1.54) is 30.4 Å². The van der Waals surface area contributed by atoms with Crippen LogP contribution >= 0.6 is 0 Å². The third kappa shape index (κ3) is 2.52. The quantitative estimate of drug-likeness (QED) is 0.893. The Hall–Kier alpha value is -1.68. The van der Waals surface area contributed by atoms with Gasteiger partial charge in [-0.1, -0.05) is 12.5 Å². The van der Waals surface area contributed by atoms with Gasteiger partial charge in [0.1, 0.15) is 5.78 Å². The Morgan fingerprint density at radius 2 is 2.11 bits per heavy atom. The second-order valence-electron chi connectivity index (χ2n) is 9.44. The number of amides is 1. The Kier molecular flexibility index (Phi) is 3.98. The SMILES string of the molecule is C[C@H](C1CCC1)N1CC[C@]23CC(=O)CC[C@H]2[C@H]1Cc1ccc(C(N)=O)cc13. The lowest BCUT2D eigenvalue weighted by Crippen LogP contribution is -2.64. The summed E-state index contributed by atoms with van der Waals surface area (Å²) in [5.74, 6) is 1.40. The smallest absolute Gasteiger partial charge is 0.248 e. The predicted octanol–water partition coefficient (Wildman–Crippen LogP) is 3.21. The molecule has 1 aromatic rings. The van der Waals surface area contributed by atoms with Gasteiger partial charge < -0.3 is 5.73 Å². The highest BCUT2D eigenvalue weighted by atomic mass is 16.1. The number of Topliss-reactive ketones (excluding diaryl/α,β-unsaturated/α-hetero) is 1. The number of ketones is 1. The van der Waals surface area contributed by atoms with Crippen molar-refractivity contribution < 1.29 is 9.59 Å². The van der Waals surface area contributed by atoms with Gasteiger partial charge in [-0.3, -0.25) is 14.5 Å². The number of likely N-dealkylation sites (tertiary alicyclic amines) is 1. The van der Waals surface area contributed by atoms with Crippen LogP contribution in [0.15, 0.2) is 18.2 Å². The first-order chi connectivity index (χ1) is 13.0. The summed E-state index contributed by atoms with van der Waals surface area (Å²) in [7, 11) is 0. The minimum atomic E-state index is -0.369. The van der Waals surface area contributed by atoms with E-state index in [0.29, 0.717) is 35.8 Å². The third-order valence-electron chi connectivity index (χ3n) is 8.38. The van der Waals surface area contributed by atoms with E-state index in [1.807, 2.05) is 12.1 Å². The van der Waals surface area contributed by atoms with Crippen molar-refractivity contribution in [1.29, 1.82) is 0 Å². The molecule has 1 aliphatic heterocycles. The molecule has 5 rings (SSSR count). The zero-order valence-corrected chi connectivity index (χ0v) is 16.2. The van der Waals surface area contributed by atoms with Crippen LogP contribution in [0.25, 0.3) is 0 Å². The number of carbonyl (C=O) groups is 2. The molecule has 0 aromatic heterocycles. The molecule has 1 heterocycles. The van der Waals surface area contributed by atoms with E-state index in [4.69, 9.17) is 5.73 Å². The highest BCUT2D eigenvalue weighted by Gasteiger charge is 2.56. The lowest BCUT2D eigenvalue weighted by atomic mass is 9.51. The second kappa shape index (κ2) is 6.16. The Labute approximate surface area is 161 Å². The van der Waals surface area contributed by atoms with E-state index < -0.39 is 0 Å². The Morgan fingerprint density at radius 3 is 2.81 bits per heavy atom. The van der Waals surface area contributed by atoms with Crippen molar-refractivity contribution in [1.82, 2.24) is 4.90 Å². The normalized spacial score (nSPS) is 34.3. The minimum Gasteiger partial charge on any atom is -0.366 e. The van der Waals surface area contributed by atoms with E-state index in [9.17, 15) is 9.59 Å². The number of nitrogens with zero attached hydrogens (tertiary/aromatic N) is 1. The van der Waals surface area contributed by atoms with Gasteiger partial charge in [0, 0.05) is 35.9 Å². The number of carbonyl (C=O) groups excluding carboxylic acids is 2. The summed E-state index contributed by atoms with van der Waals surface area (Å²) in [5.41, 5.74) is 8.67. The van der Waals surface area contributed by atoms with Crippen LogP contribution in [0.1, 0.15) is 73.4 Å². The fourth-order valence-corrected chi connectivity index (χ4v) is 6.71. The Balaban J connectivity index is 1.58. The number of hydrogen-bond acceptors (Lipinski definition) is 3. The maximum atomic E-state index is 12.5. The molecule has 1 saturated heterocycles. The molecule has 144 valence electrons. The number of piperidine rings is 1. The van der Waals surface area contributed by atoms with E-state index in [0.717, 1.165) is 38.1 Å². The van der Waals surface area contributed by atoms with Crippen molar-refractivity contribution in [3.05, 3.63) is 34.9 Å². The van der Waals surface area contributed by atoms with Gasteiger partial charge in [-0.05, 0) is 80.7 Å². The molecular weight excluding hydrogens is 336 g/mol. The molecule has 1 amide bonds. The van der Waals surface area contributed by atoms with Gasteiger partial charge >= 0.3 is 0 Å². The third-order valence-corrected chi connectivity index (χ3v) is 8.38. The molecule has 2 saturated carbocycles. The number of primary amides is 1. The number of fused-ring (bicyclic) bond motifs is 1.